The molecular formula is C14H16N2O4. The molecule has 1 aromatic heterocycles. The van der Waals surface area contributed by atoms with E-state index in [1.165, 1.54) is 0 Å². The van der Waals surface area contributed by atoms with Crippen LogP contribution in [0.1, 0.15) is 12.8 Å². The van der Waals surface area contributed by atoms with Gasteiger partial charge in [0.05, 0.1) is 13.0 Å². The molecule has 6 nitrogen and oxygen atoms in total. The fourth-order valence-corrected chi connectivity index (χ4v) is 2.51. The average Bonchev–Trinajstić information content (AvgIpc) is 2.90. The van der Waals surface area contributed by atoms with Gasteiger partial charge in [-0.1, -0.05) is 0 Å². The van der Waals surface area contributed by atoms with Crippen molar-refractivity contribution in [3.63, 3.8) is 0 Å². The summed E-state index contributed by atoms with van der Waals surface area (Å²) in [5.41, 5.74) is 1.40. The van der Waals surface area contributed by atoms with Gasteiger partial charge in [0, 0.05) is 19.2 Å². The molecule has 1 aliphatic heterocycles. The van der Waals surface area contributed by atoms with Crippen LogP contribution in [0.25, 0.3) is 11.1 Å². The molecule has 1 aliphatic rings. The van der Waals surface area contributed by atoms with Crippen LogP contribution in [0.2, 0.25) is 0 Å². The van der Waals surface area contributed by atoms with Crippen molar-refractivity contribution in [2.24, 2.45) is 5.92 Å². The summed E-state index contributed by atoms with van der Waals surface area (Å²) in [4.78, 5) is 17.4. The van der Waals surface area contributed by atoms with Crippen molar-refractivity contribution in [1.82, 2.24) is 4.98 Å². The number of ether oxygens (including phenoxy) is 1. The Bertz CT molecular complexity index is 637. The maximum Gasteiger partial charge on any atom is 0.308 e. The zero-order valence-electron chi connectivity index (χ0n) is 11.2. The highest BCUT2D eigenvalue weighted by molar-refractivity contribution is 5.76. The van der Waals surface area contributed by atoms with Crippen LogP contribution >= 0.6 is 0 Å². The molecule has 0 radical (unpaired) electrons. The first-order valence-electron chi connectivity index (χ1n) is 6.59. The third-order valence-corrected chi connectivity index (χ3v) is 3.62. The Labute approximate surface area is 116 Å². The number of oxazole rings is 1. The first-order chi connectivity index (χ1) is 9.67. The normalized spacial score (nSPS) is 19.2. The van der Waals surface area contributed by atoms with Crippen LogP contribution in [0.5, 0.6) is 5.75 Å². The summed E-state index contributed by atoms with van der Waals surface area (Å²) >= 11 is 0. The van der Waals surface area contributed by atoms with Crippen molar-refractivity contribution in [3.8, 4) is 5.75 Å². The van der Waals surface area contributed by atoms with Gasteiger partial charge in [0.1, 0.15) is 11.3 Å². The maximum absolute atomic E-state index is 11.1. The SMILES string of the molecule is COc1ccc2oc(N3CCC[C@H](C(=O)O)C3)nc2c1. The molecular weight excluding hydrogens is 260 g/mol. The number of carboxylic acids is 1. The van der Waals surface area contributed by atoms with E-state index < -0.39 is 5.97 Å². The summed E-state index contributed by atoms with van der Waals surface area (Å²) in [6.07, 6.45) is 1.54. The van der Waals surface area contributed by atoms with Crippen LogP contribution in [0.15, 0.2) is 22.6 Å². The van der Waals surface area contributed by atoms with Crippen LogP contribution in [-0.4, -0.2) is 36.3 Å². The molecule has 2 aromatic rings. The van der Waals surface area contributed by atoms with Gasteiger partial charge < -0.3 is 19.2 Å². The first-order valence-corrected chi connectivity index (χ1v) is 6.59. The van der Waals surface area contributed by atoms with E-state index in [1.807, 2.05) is 17.0 Å². The summed E-state index contributed by atoms with van der Waals surface area (Å²) in [7, 11) is 1.60. The molecule has 106 valence electrons. The van der Waals surface area contributed by atoms with E-state index in [1.54, 1.807) is 13.2 Å². The number of carbonyl (C=O) groups is 1. The zero-order chi connectivity index (χ0) is 14.1. The highest BCUT2D eigenvalue weighted by Crippen LogP contribution is 2.28. The first kappa shape index (κ1) is 12.8. The highest BCUT2D eigenvalue weighted by atomic mass is 16.5. The molecule has 1 N–H and O–H groups in total. The number of rotatable bonds is 3. The predicted molar refractivity (Wildman–Crippen MR) is 73.1 cm³/mol. The number of hydrogen-bond acceptors (Lipinski definition) is 5. The lowest BCUT2D eigenvalue weighted by atomic mass is 9.99. The summed E-state index contributed by atoms with van der Waals surface area (Å²) in [6.45, 7) is 1.22. The molecule has 1 saturated heterocycles. The number of nitrogens with zero attached hydrogens (tertiary/aromatic N) is 2. The molecule has 0 bridgehead atoms. The molecule has 0 saturated carbocycles. The van der Waals surface area contributed by atoms with E-state index in [2.05, 4.69) is 4.98 Å². The molecule has 0 spiro atoms. The minimum atomic E-state index is -0.757. The summed E-state index contributed by atoms with van der Waals surface area (Å²) in [5, 5.41) is 9.12. The van der Waals surface area contributed by atoms with E-state index in [4.69, 9.17) is 14.3 Å². The Morgan fingerprint density at radius 2 is 2.40 bits per heavy atom. The highest BCUT2D eigenvalue weighted by Gasteiger charge is 2.27. The number of aliphatic carboxylic acids is 1. The molecule has 1 fully saturated rings. The summed E-state index contributed by atoms with van der Waals surface area (Å²) < 4.78 is 10.9. The van der Waals surface area contributed by atoms with E-state index >= 15 is 0 Å². The van der Waals surface area contributed by atoms with Crippen molar-refractivity contribution >= 4 is 23.1 Å². The molecule has 3 rings (SSSR count). The van der Waals surface area contributed by atoms with Crippen LogP contribution in [-0.2, 0) is 4.79 Å². The lowest BCUT2D eigenvalue weighted by Crippen LogP contribution is -2.38. The average molecular weight is 276 g/mol. The molecule has 1 aromatic carbocycles. The van der Waals surface area contributed by atoms with E-state index in [-0.39, 0.29) is 5.92 Å². The van der Waals surface area contributed by atoms with Crippen LogP contribution in [0, 0.1) is 5.92 Å². The van der Waals surface area contributed by atoms with E-state index in [9.17, 15) is 4.79 Å². The molecule has 0 amide bonds. The van der Waals surface area contributed by atoms with Gasteiger partial charge in [-0.15, -0.1) is 0 Å². The predicted octanol–water partition coefficient (Wildman–Crippen LogP) is 2.14. The Kier molecular flexibility index (Phi) is 3.22. The quantitative estimate of drug-likeness (QED) is 0.925. The fourth-order valence-electron chi connectivity index (χ4n) is 2.51. The van der Waals surface area contributed by atoms with Crippen molar-refractivity contribution in [2.75, 3.05) is 25.1 Å². The Balaban J connectivity index is 1.88. The third kappa shape index (κ3) is 2.29. The Morgan fingerprint density at radius 1 is 1.55 bits per heavy atom. The number of fused-ring (bicyclic) bond motifs is 1. The van der Waals surface area contributed by atoms with Gasteiger partial charge in [-0.25, -0.2) is 0 Å². The lowest BCUT2D eigenvalue weighted by Gasteiger charge is -2.29. The largest absolute Gasteiger partial charge is 0.497 e. The minimum Gasteiger partial charge on any atom is -0.497 e. The van der Waals surface area contributed by atoms with Crippen LogP contribution < -0.4 is 9.64 Å². The zero-order valence-corrected chi connectivity index (χ0v) is 11.2. The number of carboxylic acid groups (broad SMARTS) is 1. The van der Waals surface area contributed by atoms with Gasteiger partial charge >= 0.3 is 5.97 Å². The van der Waals surface area contributed by atoms with Gasteiger partial charge in [0.15, 0.2) is 5.58 Å². The van der Waals surface area contributed by atoms with Crippen LogP contribution in [0.3, 0.4) is 0 Å². The molecule has 1 atom stereocenters. The standard InChI is InChI=1S/C14H16N2O4/c1-19-10-4-5-12-11(7-10)15-14(20-12)16-6-2-3-9(8-16)13(17)18/h4-5,7,9H,2-3,6,8H2,1H3,(H,17,18)/t9-/m0/s1. The number of methoxy groups -OCH3 is 1. The van der Waals surface area contributed by atoms with Gasteiger partial charge in [-0.05, 0) is 25.0 Å². The molecule has 2 heterocycles. The van der Waals surface area contributed by atoms with Gasteiger partial charge in [-0.3, -0.25) is 4.79 Å². The summed E-state index contributed by atoms with van der Waals surface area (Å²) in [5.74, 6) is -0.389. The number of hydrogen-bond donors (Lipinski definition) is 1. The number of aromatic nitrogens is 1. The third-order valence-electron chi connectivity index (χ3n) is 3.62. The van der Waals surface area contributed by atoms with Gasteiger partial charge in [-0.2, -0.15) is 4.98 Å². The lowest BCUT2D eigenvalue weighted by molar-refractivity contribution is -0.141. The van der Waals surface area contributed by atoms with Crippen molar-refractivity contribution in [1.29, 1.82) is 0 Å². The summed E-state index contributed by atoms with van der Waals surface area (Å²) in [6, 6.07) is 5.91. The van der Waals surface area contributed by atoms with E-state index in [0.29, 0.717) is 24.6 Å². The minimum absolute atomic E-state index is 0.353. The Hall–Kier alpha value is -2.24. The molecule has 0 unspecified atom stereocenters. The van der Waals surface area contributed by atoms with Crippen molar-refractivity contribution < 1.29 is 19.1 Å². The van der Waals surface area contributed by atoms with Gasteiger partial charge in [0.25, 0.3) is 6.01 Å². The molecule has 20 heavy (non-hydrogen) atoms. The van der Waals surface area contributed by atoms with E-state index in [0.717, 1.165) is 24.2 Å². The second-order valence-electron chi connectivity index (χ2n) is 4.95. The number of benzene rings is 1. The van der Waals surface area contributed by atoms with Gasteiger partial charge in [0.2, 0.25) is 0 Å². The fraction of sp³-hybridized carbons (Fsp3) is 0.429. The Morgan fingerprint density at radius 3 is 3.15 bits per heavy atom. The van der Waals surface area contributed by atoms with Crippen LogP contribution in [0.4, 0.5) is 6.01 Å². The topological polar surface area (TPSA) is 75.8 Å². The monoisotopic (exact) mass is 276 g/mol. The molecule has 0 aliphatic carbocycles. The van der Waals surface area contributed by atoms with Crippen molar-refractivity contribution in [3.05, 3.63) is 18.2 Å². The second-order valence-corrected chi connectivity index (χ2v) is 4.95. The second kappa shape index (κ2) is 5.03. The number of piperidine rings is 1. The molecule has 6 heteroatoms. The smallest absolute Gasteiger partial charge is 0.308 e. The van der Waals surface area contributed by atoms with Crippen molar-refractivity contribution in [2.45, 2.75) is 12.8 Å². The number of anilines is 1. The maximum atomic E-state index is 11.1.